The first-order valence-corrected chi connectivity index (χ1v) is 9.69. The molecule has 1 amide bonds. The molecule has 0 fully saturated rings. The Morgan fingerprint density at radius 2 is 1.84 bits per heavy atom. The van der Waals surface area contributed by atoms with Gasteiger partial charge >= 0.3 is 0 Å². The van der Waals surface area contributed by atoms with Gasteiger partial charge in [-0.05, 0) is 37.5 Å². The highest BCUT2D eigenvalue weighted by atomic mass is 32.2. The Morgan fingerprint density at radius 1 is 1.20 bits per heavy atom. The van der Waals surface area contributed by atoms with Gasteiger partial charge in [0.25, 0.3) is 15.9 Å². The molecule has 1 aromatic heterocycles. The second kappa shape index (κ2) is 7.84. The summed E-state index contributed by atoms with van der Waals surface area (Å²) in [6.45, 7) is 6.34. The number of carbonyl (C=O) groups is 1. The van der Waals surface area contributed by atoms with E-state index < -0.39 is 10.0 Å². The van der Waals surface area contributed by atoms with Gasteiger partial charge in [-0.3, -0.25) is 4.79 Å². The van der Waals surface area contributed by atoms with Crippen molar-refractivity contribution in [3.63, 3.8) is 0 Å². The summed E-state index contributed by atoms with van der Waals surface area (Å²) in [6, 6.07) is 7.94. The van der Waals surface area contributed by atoms with Gasteiger partial charge in [-0.25, -0.2) is 12.4 Å². The molecule has 136 valence electrons. The topological polar surface area (TPSA) is 94.2 Å². The molecule has 1 atom stereocenters. The summed E-state index contributed by atoms with van der Waals surface area (Å²) in [5.74, 6) is 0.0781. The first-order chi connectivity index (χ1) is 11.7. The Balaban J connectivity index is 2.18. The lowest BCUT2D eigenvalue weighted by molar-refractivity contribution is 0.0934. The van der Waals surface area contributed by atoms with Gasteiger partial charge in [0.15, 0.2) is 0 Å². The molecule has 0 aliphatic rings. The third-order valence-electron chi connectivity index (χ3n) is 3.90. The van der Waals surface area contributed by atoms with Crippen LogP contribution in [-0.2, 0) is 10.0 Å². The number of benzene rings is 1. The molecule has 0 spiro atoms. The Hall–Kier alpha value is -2.12. The zero-order chi connectivity index (χ0) is 18.6. The van der Waals surface area contributed by atoms with Crippen LogP contribution in [0.25, 0.3) is 0 Å². The summed E-state index contributed by atoms with van der Waals surface area (Å²) >= 11 is 0. The molecular formula is C18H25N3O3S. The van der Waals surface area contributed by atoms with Gasteiger partial charge in [0, 0.05) is 25.0 Å². The van der Waals surface area contributed by atoms with Crippen molar-refractivity contribution in [3.05, 3.63) is 53.9 Å². The summed E-state index contributed by atoms with van der Waals surface area (Å²) in [5.41, 5.74) is 6.96. The zero-order valence-electron chi connectivity index (χ0n) is 14.8. The number of amides is 1. The van der Waals surface area contributed by atoms with E-state index in [-0.39, 0.29) is 22.4 Å². The van der Waals surface area contributed by atoms with E-state index >= 15 is 0 Å². The first-order valence-electron chi connectivity index (χ1n) is 8.25. The van der Waals surface area contributed by atoms with Crippen LogP contribution in [-0.4, -0.2) is 30.9 Å². The normalized spacial score (nSPS) is 13.0. The smallest absolute Gasteiger partial charge is 0.267 e. The minimum absolute atomic E-state index is 0.135. The number of aryl methyl sites for hydroxylation is 1. The van der Waals surface area contributed by atoms with Crippen LogP contribution in [0.2, 0.25) is 0 Å². The van der Waals surface area contributed by atoms with Crippen LogP contribution in [0.5, 0.6) is 0 Å². The number of carbonyl (C=O) groups excluding carboxylic acids is 1. The minimum Gasteiger partial charge on any atom is -0.348 e. The number of nitrogens with two attached hydrogens (primary N) is 1. The van der Waals surface area contributed by atoms with Crippen molar-refractivity contribution in [3.8, 4) is 0 Å². The SMILES string of the molecule is Cc1ccc(S(=O)(=O)n2ccc(C(=O)NC(CN)CC(C)C)c2)cc1. The highest BCUT2D eigenvalue weighted by Gasteiger charge is 2.20. The van der Waals surface area contributed by atoms with Gasteiger partial charge in [0.2, 0.25) is 0 Å². The average molecular weight is 363 g/mol. The molecule has 1 aromatic carbocycles. The molecule has 0 aliphatic heterocycles. The standard InChI is InChI=1S/C18H25N3O3S/c1-13(2)10-16(11-19)20-18(22)15-8-9-21(12-15)25(23,24)17-6-4-14(3)5-7-17/h4-9,12-13,16H,10-11,19H2,1-3H3,(H,20,22). The molecule has 6 nitrogen and oxygen atoms in total. The van der Waals surface area contributed by atoms with Gasteiger partial charge < -0.3 is 11.1 Å². The number of rotatable bonds is 7. The van der Waals surface area contributed by atoms with Gasteiger partial charge in [-0.1, -0.05) is 31.5 Å². The molecule has 0 saturated carbocycles. The molecule has 0 radical (unpaired) electrons. The average Bonchev–Trinajstić information content (AvgIpc) is 3.05. The van der Waals surface area contributed by atoms with Crippen LogP contribution in [0.3, 0.4) is 0 Å². The van der Waals surface area contributed by atoms with Gasteiger partial charge in [-0.15, -0.1) is 0 Å². The lowest BCUT2D eigenvalue weighted by Gasteiger charge is -2.18. The van der Waals surface area contributed by atoms with E-state index in [0.29, 0.717) is 12.5 Å². The van der Waals surface area contributed by atoms with Crippen molar-refractivity contribution in [2.75, 3.05) is 6.54 Å². The highest BCUT2D eigenvalue weighted by molar-refractivity contribution is 7.90. The molecule has 1 unspecified atom stereocenters. The Bertz CT molecular complexity index is 824. The van der Waals surface area contributed by atoms with E-state index in [1.54, 1.807) is 24.3 Å². The Labute approximate surface area is 149 Å². The Kier molecular flexibility index (Phi) is 6.02. The number of aromatic nitrogens is 1. The second-order valence-corrected chi connectivity index (χ2v) is 8.43. The number of nitrogens with one attached hydrogen (secondary N) is 1. The largest absolute Gasteiger partial charge is 0.348 e. The van der Waals surface area contributed by atoms with Crippen LogP contribution >= 0.6 is 0 Å². The maximum atomic E-state index is 12.6. The number of hydrogen-bond donors (Lipinski definition) is 2. The van der Waals surface area contributed by atoms with E-state index in [0.717, 1.165) is 16.0 Å². The number of hydrogen-bond acceptors (Lipinski definition) is 4. The lowest BCUT2D eigenvalue weighted by atomic mass is 10.0. The van der Waals surface area contributed by atoms with Crippen molar-refractivity contribution >= 4 is 15.9 Å². The summed E-state index contributed by atoms with van der Waals surface area (Å²) < 4.78 is 26.3. The van der Waals surface area contributed by atoms with Crippen molar-refractivity contribution in [2.45, 2.75) is 38.1 Å². The van der Waals surface area contributed by atoms with E-state index in [1.165, 1.54) is 18.5 Å². The molecule has 0 bridgehead atoms. The molecule has 25 heavy (non-hydrogen) atoms. The summed E-state index contributed by atoms with van der Waals surface area (Å²) in [4.78, 5) is 12.5. The predicted molar refractivity (Wildman–Crippen MR) is 98.0 cm³/mol. The minimum atomic E-state index is -3.71. The third-order valence-corrected chi connectivity index (χ3v) is 5.55. The van der Waals surface area contributed by atoms with E-state index in [9.17, 15) is 13.2 Å². The van der Waals surface area contributed by atoms with E-state index in [1.807, 2.05) is 6.92 Å². The molecule has 7 heteroatoms. The van der Waals surface area contributed by atoms with E-state index in [2.05, 4.69) is 19.2 Å². The molecule has 2 rings (SSSR count). The summed E-state index contributed by atoms with van der Waals surface area (Å²) in [5, 5.41) is 2.85. The monoisotopic (exact) mass is 363 g/mol. The van der Waals surface area contributed by atoms with E-state index in [4.69, 9.17) is 5.73 Å². The van der Waals surface area contributed by atoms with Crippen LogP contribution in [0.4, 0.5) is 0 Å². The summed E-state index contributed by atoms with van der Waals surface area (Å²) in [7, 11) is -3.71. The quantitative estimate of drug-likeness (QED) is 0.788. The van der Waals surface area contributed by atoms with Gasteiger partial charge in [-0.2, -0.15) is 0 Å². The fourth-order valence-electron chi connectivity index (χ4n) is 2.54. The molecule has 0 saturated heterocycles. The molecule has 0 aliphatic carbocycles. The second-order valence-electron chi connectivity index (χ2n) is 6.58. The van der Waals surface area contributed by atoms with Crippen LogP contribution in [0, 0.1) is 12.8 Å². The van der Waals surface area contributed by atoms with Crippen LogP contribution in [0.1, 0.15) is 36.2 Å². The molecule has 1 heterocycles. The maximum Gasteiger partial charge on any atom is 0.267 e. The third kappa shape index (κ3) is 4.70. The maximum absolute atomic E-state index is 12.6. The van der Waals surface area contributed by atoms with Crippen molar-refractivity contribution in [1.29, 1.82) is 0 Å². The fourth-order valence-corrected chi connectivity index (χ4v) is 3.74. The number of nitrogens with zero attached hydrogens (tertiary/aromatic N) is 1. The van der Waals surface area contributed by atoms with Gasteiger partial charge in [0.05, 0.1) is 10.5 Å². The van der Waals surface area contributed by atoms with Crippen molar-refractivity contribution < 1.29 is 13.2 Å². The molecule has 3 N–H and O–H groups in total. The Morgan fingerprint density at radius 3 is 2.40 bits per heavy atom. The zero-order valence-corrected chi connectivity index (χ0v) is 15.6. The van der Waals surface area contributed by atoms with Crippen LogP contribution < -0.4 is 11.1 Å². The first kappa shape index (κ1) is 19.2. The molecular weight excluding hydrogens is 338 g/mol. The highest BCUT2D eigenvalue weighted by Crippen LogP contribution is 2.16. The summed E-state index contributed by atoms with van der Waals surface area (Å²) in [6.07, 6.45) is 3.47. The van der Waals surface area contributed by atoms with Crippen molar-refractivity contribution in [1.82, 2.24) is 9.29 Å². The van der Waals surface area contributed by atoms with Gasteiger partial charge in [0.1, 0.15) is 0 Å². The predicted octanol–water partition coefficient (Wildman–Crippen LogP) is 2.14. The lowest BCUT2D eigenvalue weighted by Crippen LogP contribution is -2.40. The fraction of sp³-hybridized carbons (Fsp3) is 0.389. The van der Waals surface area contributed by atoms with Crippen LogP contribution in [0.15, 0.2) is 47.6 Å². The van der Waals surface area contributed by atoms with Crippen molar-refractivity contribution in [2.24, 2.45) is 11.7 Å². The molecule has 2 aromatic rings.